The number of fused-ring (bicyclic) bond motifs is 7. The summed E-state index contributed by atoms with van der Waals surface area (Å²) < 4.78 is 71.3. The van der Waals surface area contributed by atoms with E-state index >= 15 is 4.79 Å². The van der Waals surface area contributed by atoms with Gasteiger partial charge < -0.3 is 149 Å². The van der Waals surface area contributed by atoms with Crippen molar-refractivity contribution in [3.05, 3.63) is 12.2 Å². The molecule has 31 nitrogen and oxygen atoms in total. The lowest BCUT2D eigenvalue weighted by atomic mass is 9.32. The Balaban J connectivity index is 0.790. The summed E-state index contributed by atoms with van der Waals surface area (Å²) in [6.45, 7) is 15.8. The van der Waals surface area contributed by atoms with Crippen molar-refractivity contribution in [1.29, 1.82) is 0 Å². The number of esters is 1. The van der Waals surface area contributed by atoms with E-state index in [1.165, 1.54) is 13.8 Å². The highest BCUT2D eigenvalue weighted by atomic mass is 16.8. The molecule has 5 saturated carbocycles. The predicted octanol–water partition coefficient (Wildman–Crippen LogP) is -4.91. The van der Waals surface area contributed by atoms with Crippen LogP contribution in [-0.4, -0.2) is 309 Å². The van der Waals surface area contributed by atoms with Crippen LogP contribution in [0.1, 0.15) is 113 Å². The fourth-order valence-corrected chi connectivity index (χ4v) is 19.7. The van der Waals surface area contributed by atoms with E-state index in [1.54, 1.807) is 0 Å². The number of aliphatic hydroxyl groups excluding tert-OH is 18. The Kier molecular flexibility index (Phi) is 21.9. The van der Waals surface area contributed by atoms with Gasteiger partial charge in [-0.2, -0.15) is 0 Å². The Morgan fingerprint density at radius 1 is 0.474 bits per heavy atom. The summed E-state index contributed by atoms with van der Waals surface area (Å²) >= 11 is 0. The second-order valence-electron chi connectivity index (χ2n) is 30.4. The quantitative estimate of drug-likeness (QED) is 0.0391. The summed E-state index contributed by atoms with van der Waals surface area (Å²) in [6.07, 6.45) is -44.2. The summed E-state index contributed by atoms with van der Waals surface area (Å²) in [5.41, 5.74) is -2.35. The van der Waals surface area contributed by atoms with Gasteiger partial charge in [-0.05, 0) is 131 Å². The molecule has 11 rings (SSSR count). The minimum Gasteiger partial charge on any atom is -0.432 e. The number of ether oxygens (including phenoxy) is 12. The SMILES string of the molecule is C=C(C)[C@@H]1CC[C@]2(C(=O)O[C@@H]3O[C@@H](O[C@@H]4O[C@@H](CO)[C@@H](O[C@@H]5O[C@@H](C)[C@H](O)[C@@H](O)[C@H]5O)[C@@H](O)[C@@H]4O)[C@@H](O)[C@H](O)[C@H]3O)CC[C@]3(C)[C@H](CC[C@@H]4[C@@]5(C)CC[C@H](O[C@@H]6OC[C@H](O[C@@H]7O[C@H](CO)[C@@H](O)[C@H](O)[C@H]7O)[C@H](O)[C@H]6O[C@H]6[C@@H](O)[C@H](O)O[C@H](C)[C@@H]6O)[C@@](C)(CO)[C@@H]5CC[C@]43C)[C@@H]12. The van der Waals surface area contributed by atoms with Gasteiger partial charge in [0.15, 0.2) is 37.7 Å². The number of hydrogen-bond donors (Lipinski definition) is 18. The van der Waals surface area contributed by atoms with Gasteiger partial charge in [0.2, 0.25) is 6.29 Å². The first-order chi connectivity index (χ1) is 44.7. The van der Waals surface area contributed by atoms with Gasteiger partial charge in [-0.25, -0.2) is 0 Å². The predicted molar refractivity (Wildman–Crippen MR) is 316 cm³/mol. The fraction of sp³-hybridized carbons (Fsp3) is 0.953. The molecule has 0 spiro atoms. The highest BCUT2D eigenvalue weighted by molar-refractivity contribution is 5.78. The molecule has 0 aromatic heterocycles. The van der Waals surface area contributed by atoms with Crippen LogP contribution < -0.4 is 0 Å². The van der Waals surface area contributed by atoms with Gasteiger partial charge in [0, 0.05) is 5.41 Å². The maximum Gasteiger partial charge on any atom is 0.314 e. The number of hydrogen-bond acceptors (Lipinski definition) is 31. The average Bonchev–Trinajstić information content (AvgIpc) is 1.62. The van der Waals surface area contributed by atoms with Crippen molar-refractivity contribution in [2.24, 2.45) is 56.7 Å². The Labute approximate surface area is 550 Å². The standard InChI is InChI=1S/C64H104O31/c1-23(2)26-11-16-64(59(83)95-57-46(79)41(74)45(78)56(94-57)93-55-47(80)42(75)49(29(20-66)88-55)92-53-43(76)39(72)35(68)24(3)86-53)18-17-62(7)27(34(26)64)9-10-32-60(5)14-13-33(61(6,22-67)31(60)12-15-63(32,62)8)90-58-51(91-50-36(69)25(4)85-52(82)48(50)81)38(71)30(21-84-58)89-54-44(77)40(73)37(70)28(19-65)87-54/h24-58,65-82H,1,9-22H2,2-8H3/t24-,25+,26-,27+,28+,29-,30-,31+,32+,33-,34+,35-,36-,37+,38-,39+,40-,41-,42-,43+,44+,45-,46+,47-,48+,49+,50+,51+,52+,53-,54-,55-,56+,57-,58-,60-,61-,62+,63+,64-/m0/s1. The summed E-state index contributed by atoms with van der Waals surface area (Å²) in [7, 11) is 0. The lowest BCUT2D eigenvalue weighted by molar-refractivity contribution is -0.404. The lowest BCUT2D eigenvalue weighted by Crippen LogP contribution is -2.69. The Morgan fingerprint density at radius 2 is 1.06 bits per heavy atom. The second-order valence-corrected chi connectivity index (χ2v) is 30.4. The van der Waals surface area contributed by atoms with E-state index in [9.17, 15) is 91.9 Å². The highest BCUT2D eigenvalue weighted by Crippen LogP contribution is 2.78. The molecule has 6 saturated heterocycles. The third-order valence-corrected chi connectivity index (χ3v) is 25.5. The molecule has 0 unspecified atom stereocenters. The summed E-state index contributed by atoms with van der Waals surface area (Å²) in [4.78, 5) is 15.4. The van der Waals surface area contributed by atoms with Crippen molar-refractivity contribution in [2.45, 2.75) is 297 Å². The number of allylic oxidation sites excluding steroid dienone is 1. The van der Waals surface area contributed by atoms with E-state index in [1.807, 2.05) is 13.8 Å². The number of aliphatic hydroxyl groups is 18. The van der Waals surface area contributed by atoms with Crippen LogP contribution in [0.25, 0.3) is 0 Å². The van der Waals surface area contributed by atoms with E-state index in [-0.39, 0.29) is 47.0 Å². The molecule has 0 aromatic carbocycles. The van der Waals surface area contributed by atoms with E-state index in [0.29, 0.717) is 51.4 Å². The Morgan fingerprint density at radius 3 is 1.72 bits per heavy atom. The van der Waals surface area contributed by atoms with Gasteiger partial charge in [-0.15, -0.1) is 0 Å². The summed E-state index contributed by atoms with van der Waals surface area (Å²) in [6, 6.07) is 0. The topological polar surface area (TPSA) is 492 Å². The summed E-state index contributed by atoms with van der Waals surface area (Å²) in [5, 5.41) is 197. The molecule has 95 heavy (non-hydrogen) atoms. The van der Waals surface area contributed by atoms with Crippen molar-refractivity contribution in [2.75, 3.05) is 26.4 Å². The largest absolute Gasteiger partial charge is 0.432 e. The molecule has 0 bridgehead atoms. The van der Waals surface area contributed by atoms with Crippen molar-refractivity contribution in [3.8, 4) is 0 Å². The molecule has 0 aromatic rings. The normalized spacial score (nSPS) is 56.5. The number of carbonyl (C=O) groups excluding carboxylic acids is 1. The van der Waals surface area contributed by atoms with Gasteiger partial charge >= 0.3 is 5.97 Å². The van der Waals surface area contributed by atoms with E-state index < -0.39 is 226 Å². The molecule has 11 aliphatic rings. The smallest absolute Gasteiger partial charge is 0.314 e. The van der Waals surface area contributed by atoms with Crippen molar-refractivity contribution in [1.82, 2.24) is 0 Å². The monoisotopic (exact) mass is 1370 g/mol. The van der Waals surface area contributed by atoms with Gasteiger partial charge in [0.05, 0.1) is 50.2 Å². The first kappa shape index (κ1) is 74.2. The molecule has 0 amide bonds. The van der Waals surface area contributed by atoms with Crippen molar-refractivity contribution < 1.29 is 154 Å². The van der Waals surface area contributed by atoms with Crippen molar-refractivity contribution in [3.63, 3.8) is 0 Å². The molecule has 11 fully saturated rings. The molecule has 0 radical (unpaired) electrons. The van der Waals surface area contributed by atoms with E-state index in [2.05, 4.69) is 27.4 Å². The van der Waals surface area contributed by atoms with Gasteiger partial charge in [0.1, 0.15) is 122 Å². The third kappa shape index (κ3) is 12.4. The van der Waals surface area contributed by atoms with Crippen molar-refractivity contribution >= 4 is 5.97 Å². The summed E-state index contributed by atoms with van der Waals surface area (Å²) in [5.74, 6) is -1.27. The molecular weight excluding hydrogens is 1260 g/mol. The molecule has 18 N–H and O–H groups in total. The van der Waals surface area contributed by atoms with Gasteiger partial charge in [0.25, 0.3) is 0 Å². The zero-order chi connectivity index (χ0) is 69.2. The second kappa shape index (κ2) is 28.0. The fourth-order valence-electron chi connectivity index (χ4n) is 19.7. The van der Waals surface area contributed by atoms with Crippen LogP contribution in [0, 0.1) is 56.7 Å². The van der Waals surface area contributed by atoms with E-state index in [4.69, 9.17) is 56.8 Å². The molecule has 5 aliphatic carbocycles. The average molecular weight is 1370 g/mol. The minimum atomic E-state index is -2.05. The zero-order valence-corrected chi connectivity index (χ0v) is 54.7. The minimum absolute atomic E-state index is 0.0622. The lowest BCUT2D eigenvalue weighted by Gasteiger charge is -2.73. The van der Waals surface area contributed by atoms with Crippen LogP contribution in [-0.2, 0) is 61.6 Å². The first-order valence-electron chi connectivity index (χ1n) is 33.7. The zero-order valence-electron chi connectivity index (χ0n) is 54.7. The van der Waals surface area contributed by atoms with Crippen LogP contribution >= 0.6 is 0 Å². The molecule has 40 atom stereocenters. The Bertz CT molecular complexity index is 2630. The van der Waals surface area contributed by atoms with Crippen LogP contribution in [0.2, 0.25) is 0 Å². The van der Waals surface area contributed by atoms with E-state index in [0.717, 1.165) is 18.4 Å². The van der Waals surface area contributed by atoms with Gasteiger partial charge in [-0.3, -0.25) is 4.79 Å². The van der Waals surface area contributed by atoms with Gasteiger partial charge in [-0.1, -0.05) is 39.8 Å². The third-order valence-electron chi connectivity index (χ3n) is 25.5. The van der Waals surface area contributed by atoms with Crippen LogP contribution in [0.4, 0.5) is 0 Å². The molecule has 31 heteroatoms. The first-order valence-corrected chi connectivity index (χ1v) is 33.7. The maximum absolute atomic E-state index is 15.4. The highest BCUT2D eigenvalue weighted by Gasteiger charge is 2.73. The van der Waals surface area contributed by atoms with Crippen LogP contribution in [0.15, 0.2) is 12.2 Å². The molecular formula is C64H104O31. The number of carbonyl (C=O) groups is 1. The van der Waals surface area contributed by atoms with Crippen LogP contribution in [0.3, 0.4) is 0 Å². The molecule has 6 heterocycles. The number of rotatable bonds is 16. The Hall–Kier alpha value is -1.95. The van der Waals surface area contributed by atoms with Crippen LogP contribution in [0.5, 0.6) is 0 Å². The molecule has 546 valence electrons. The molecule has 6 aliphatic heterocycles. The maximum atomic E-state index is 15.4.